The number of fused-ring (bicyclic) bond motifs is 1. The van der Waals surface area contributed by atoms with Gasteiger partial charge in [-0.2, -0.15) is 0 Å². The van der Waals surface area contributed by atoms with E-state index in [0.29, 0.717) is 17.9 Å². The van der Waals surface area contributed by atoms with Crippen molar-refractivity contribution in [1.29, 1.82) is 0 Å². The molecular formula is C28H21FN2O2. The number of halogens is 1. The molecule has 0 spiro atoms. The van der Waals surface area contributed by atoms with Gasteiger partial charge in [-0.15, -0.1) is 0 Å². The van der Waals surface area contributed by atoms with Crippen molar-refractivity contribution in [1.82, 2.24) is 9.55 Å². The molecule has 0 bridgehead atoms. The van der Waals surface area contributed by atoms with Crippen LogP contribution in [-0.4, -0.2) is 15.5 Å². The number of carbonyl (C=O) groups is 1. The Balaban J connectivity index is 1.40. The molecule has 33 heavy (non-hydrogen) atoms. The van der Waals surface area contributed by atoms with Crippen LogP contribution in [0.25, 0.3) is 22.4 Å². The second-order valence-corrected chi connectivity index (χ2v) is 7.76. The predicted molar refractivity (Wildman–Crippen MR) is 126 cm³/mol. The van der Waals surface area contributed by atoms with Gasteiger partial charge in [0.1, 0.15) is 17.4 Å². The molecule has 0 N–H and O–H groups in total. The van der Waals surface area contributed by atoms with E-state index in [1.165, 1.54) is 11.6 Å². The van der Waals surface area contributed by atoms with E-state index in [1.807, 2.05) is 48.5 Å². The van der Waals surface area contributed by atoms with Gasteiger partial charge in [-0.25, -0.2) is 9.37 Å². The fraction of sp³-hybridized carbons (Fsp3) is 0.0714. The number of esters is 1. The topological polar surface area (TPSA) is 44.1 Å². The molecule has 0 aliphatic heterocycles. The van der Waals surface area contributed by atoms with Crippen LogP contribution in [0.15, 0.2) is 103 Å². The van der Waals surface area contributed by atoms with E-state index in [4.69, 9.17) is 9.72 Å². The van der Waals surface area contributed by atoms with Crippen molar-refractivity contribution in [2.24, 2.45) is 0 Å². The van der Waals surface area contributed by atoms with Crippen LogP contribution in [0.4, 0.5) is 4.39 Å². The molecule has 0 amide bonds. The number of nitrogens with zero attached hydrogens (tertiary/aromatic N) is 2. The Labute approximate surface area is 190 Å². The first-order valence-electron chi connectivity index (χ1n) is 10.7. The molecule has 162 valence electrons. The Morgan fingerprint density at radius 1 is 0.818 bits per heavy atom. The van der Waals surface area contributed by atoms with Gasteiger partial charge >= 0.3 is 5.97 Å². The number of hydrogen-bond donors (Lipinski definition) is 0. The third kappa shape index (κ3) is 4.53. The lowest BCUT2D eigenvalue weighted by atomic mass is 10.1. The molecule has 0 saturated heterocycles. The SMILES string of the molecule is O=C(Cc1ccccc1F)Oc1ccc(-c2nc3ccccc3n2Cc2ccccc2)cc1. The minimum absolute atomic E-state index is 0.124. The quantitative estimate of drug-likeness (QED) is 0.241. The monoisotopic (exact) mass is 436 g/mol. The molecule has 4 aromatic carbocycles. The van der Waals surface area contributed by atoms with E-state index in [2.05, 4.69) is 22.8 Å². The van der Waals surface area contributed by atoms with Crippen molar-refractivity contribution >= 4 is 17.0 Å². The molecule has 4 nitrogen and oxygen atoms in total. The number of aromatic nitrogens is 2. The van der Waals surface area contributed by atoms with Crippen molar-refractivity contribution in [3.8, 4) is 17.1 Å². The van der Waals surface area contributed by atoms with Crippen molar-refractivity contribution < 1.29 is 13.9 Å². The molecule has 5 heteroatoms. The van der Waals surface area contributed by atoms with Crippen LogP contribution in [-0.2, 0) is 17.8 Å². The van der Waals surface area contributed by atoms with Crippen molar-refractivity contribution in [2.75, 3.05) is 0 Å². The van der Waals surface area contributed by atoms with Crippen molar-refractivity contribution in [2.45, 2.75) is 13.0 Å². The van der Waals surface area contributed by atoms with Gasteiger partial charge in [-0.05, 0) is 53.6 Å². The minimum atomic E-state index is -0.510. The summed E-state index contributed by atoms with van der Waals surface area (Å²) in [6.45, 7) is 0.691. The van der Waals surface area contributed by atoms with E-state index < -0.39 is 11.8 Å². The molecule has 0 radical (unpaired) electrons. The molecule has 1 heterocycles. The lowest BCUT2D eigenvalue weighted by Crippen LogP contribution is -2.12. The smallest absolute Gasteiger partial charge is 0.315 e. The standard InChI is InChI=1S/C28H21FN2O2/c29-24-11-5-4-10-22(24)18-27(32)33-23-16-14-21(15-17-23)28-30-25-12-6-7-13-26(25)31(28)19-20-8-2-1-3-9-20/h1-17H,18-19H2. The fourth-order valence-electron chi connectivity index (χ4n) is 3.86. The number of imidazole rings is 1. The Hall–Kier alpha value is -4.25. The highest BCUT2D eigenvalue weighted by Crippen LogP contribution is 2.27. The first-order chi connectivity index (χ1) is 16.2. The van der Waals surface area contributed by atoms with Crippen LogP contribution in [0.3, 0.4) is 0 Å². The molecule has 0 fully saturated rings. The number of para-hydroxylation sites is 2. The summed E-state index contributed by atoms with van der Waals surface area (Å²) < 4.78 is 21.4. The number of hydrogen-bond acceptors (Lipinski definition) is 3. The maximum atomic E-state index is 13.8. The first-order valence-corrected chi connectivity index (χ1v) is 10.7. The highest BCUT2D eigenvalue weighted by Gasteiger charge is 2.14. The van der Waals surface area contributed by atoms with Gasteiger partial charge in [0.05, 0.1) is 17.5 Å². The maximum absolute atomic E-state index is 13.8. The zero-order chi connectivity index (χ0) is 22.6. The highest BCUT2D eigenvalue weighted by atomic mass is 19.1. The average molecular weight is 436 g/mol. The summed E-state index contributed by atoms with van der Waals surface area (Å²) in [6.07, 6.45) is -0.124. The van der Waals surface area contributed by atoms with Gasteiger partial charge in [0.2, 0.25) is 0 Å². The van der Waals surface area contributed by atoms with E-state index in [0.717, 1.165) is 22.4 Å². The third-order valence-corrected chi connectivity index (χ3v) is 5.47. The predicted octanol–water partition coefficient (Wildman–Crippen LogP) is 6.04. The summed E-state index contributed by atoms with van der Waals surface area (Å²) in [5.41, 5.74) is 4.38. The van der Waals surface area contributed by atoms with E-state index in [9.17, 15) is 9.18 Å². The summed E-state index contributed by atoms with van der Waals surface area (Å²) in [7, 11) is 0. The van der Waals surface area contributed by atoms with Crippen molar-refractivity contribution in [3.05, 3.63) is 120 Å². The fourth-order valence-corrected chi connectivity index (χ4v) is 3.86. The van der Waals surface area contributed by atoms with E-state index >= 15 is 0 Å². The van der Waals surface area contributed by atoms with Gasteiger partial charge in [-0.3, -0.25) is 4.79 Å². The van der Waals surface area contributed by atoms with Crippen LogP contribution in [0.1, 0.15) is 11.1 Å². The molecule has 5 aromatic rings. The number of ether oxygens (including phenoxy) is 1. The second kappa shape index (κ2) is 9.09. The normalized spacial score (nSPS) is 10.9. The maximum Gasteiger partial charge on any atom is 0.315 e. The van der Waals surface area contributed by atoms with E-state index in [-0.39, 0.29) is 6.42 Å². The van der Waals surface area contributed by atoms with Crippen LogP contribution in [0.2, 0.25) is 0 Å². The van der Waals surface area contributed by atoms with Crippen LogP contribution in [0.5, 0.6) is 5.75 Å². The summed E-state index contributed by atoms with van der Waals surface area (Å²) in [6, 6.07) is 31.7. The summed E-state index contributed by atoms with van der Waals surface area (Å²) >= 11 is 0. The van der Waals surface area contributed by atoms with Crippen LogP contribution >= 0.6 is 0 Å². The minimum Gasteiger partial charge on any atom is -0.426 e. The Kier molecular flexibility index (Phi) is 5.68. The number of benzene rings is 4. The van der Waals surface area contributed by atoms with Gasteiger partial charge < -0.3 is 9.30 Å². The van der Waals surface area contributed by atoms with Gasteiger partial charge in [-0.1, -0.05) is 60.7 Å². The Morgan fingerprint density at radius 2 is 1.52 bits per heavy atom. The van der Waals surface area contributed by atoms with Gasteiger partial charge in [0.15, 0.2) is 0 Å². The first kappa shape index (κ1) is 20.6. The second-order valence-electron chi connectivity index (χ2n) is 7.76. The lowest BCUT2D eigenvalue weighted by Gasteiger charge is -2.10. The Bertz CT molecular complexity index is 1410. The molecule has 0 aliphatic rings. The lowest BCUT2D eigenvalue weighted by molar-refractivity contribution is -0.133. The summed E-state index contributed by atoms with van der Waals surface area (Å²) in [4.78, 5) is 17.1. The molecule has 1 aromatic heterocycles. The third-order valence-electron chi connectivity index (χ3n) is 5.47. The number of rotatable bonds is 6. The largest absolute Gasteiger partial charge is 0.426 e. The average Bonchev–Trinajstić information content (AvgIpc) is 3.20. The Morgan fingerprint density at radius 3 is 2.30 bits per heavy atom. The zero-order valence-electron chi connectivity index (χ0n) is 17.8. The van der Waals surface area contributed by atoms with Gasteiger partial charge in [0, 0.05) is 12.1 Å². The summed E-state index contributed by atoms with van der Waals surface area (Å²) in [5.74, 6) is 0.321. The molecule has 0 unspecified atom stereocenters. The summed E-state index contributed by atoms with van der Waals surface area (Å²) in [5, 5.41) is 0. The van der Waals surface area contributed by atoms with Crippen LogP contribution < -0.4 is 4.74 Å². The van der Waals surface area contributed by atoms with E-state index in [1.54, 1.807) is 30.3 Å². The van der Waals surface area contributed by atoms with Crippen molar-refractivity contribution in [3.63, 3.8) is 0 Å². The van der Waals surface area contributed by atoms with Gasteiger partial charge in [0.25, 0.3) is 0 Å². The van der Waals surface area contributed by atoms with Crippen LogP contribution in [0, 0.1) is 5.82 Å². The highest BCUT2D eigenvalue weighted by molar-refractivity contribution is 5.81. The zero-order valence-corrected chi connectivity index (χ0v) is 17.8. The number of carbonyl (C=O) groups excluding carboxylic acids is 1. The molecule has 0 aliphatic carbocycles. The molecule has 0 saturated carbocycles. The molecular weight excluding hydrogens is 415 g/mol. The molecule has 5 rings (SSSR count). The molecule has 0 atom stereocenters.